The molecule has 0 bridgehead atoms. The summed E-state index contributed by atoms with van der Waals surface area (Å²) in [6, 6.07) is -0.588. The number of nitrogens with one attached hydrogen (secondary N) is 2. The first-order chi connectivity index (χ1) is 17.2. The molecule has 2 rings (SSSR count). The van der Waals surface area contributed by atoms with Crippen LogP contribution < -0.4 is 10.3 Å². The quantitative estimate of drug-likeness (QED) is 0.0894. The molecule has 1 saturated heterocycles. The van der Waals surface area contributed by atoms with Crippen LogP contribution in [0.4, 0.5) is 0 Å². The summed E-state index contributed by atoms with van der Waals surface area (Å²) in [6.45, 7) is 18.4. The number of fused-ring (bicyclic) bond motifs is 1. The zero-order valence-electron chi connectivity index (χ0n) is 23.4. The number of rotatable bonds is 12. The Morgan fingerprint density at radius 3 is 2.27 bits per heavy atom. The molecule has 14 heteroatoms. The summed E-state index contributed by atoms with van der Waals surface area (Å²) in [5.41, 5.74) is 0.747. The van der Waals surface area contributed by atoms with Crippen molar-refractivity contribution in [3.63, 3.8) is 0 Å². The predicted molar refractivity (Wildman–Crippen MR) is 149 cm³/mol. The molecule has 1 unspecified atom stereocenters. The van der Waals surface area contributed by atoms with E-state index >= 15 is 0 Å². The fraction of sp³-hybridized carbons (Fsp3) is 0.739. The lowest BCUT2D eigenvalue weighted by molar-refractivity contribution is -0.148. The standard InChI is InChI=1S/C23H42N4O7SSi2/c1-10-31-17(32-11-2)12-24-23(26-36(4,5)6)25-18-20(29)27-19(22(30)34-37(7,8)9)16(13-33-15(3)28)14-35-21(18)27/h17-18,21H,10-14H2,1-9H3,(H2,24,25,26)/t18?,21-/m0/s1. The van der Waals surface area contributed by atoms with Gasteiger partial charge in [0.1, 0.15) is 32.0 Å². The summed E-state index contributed by atoms with van der Waals surface area (Å²) < 4.78 is 22.1. The van der Waals surface area contributed by atoms with E-state index in [-0.39, 0.29) is 30.1 Å². The second-order valence-electron chi connectivity index (χ2n) is 10.7. The SMILES string of the molecule is CCOC(CN=C(NC1C(=O)N2C(C(=O)O[Si](C)(C)C)=C(COC(C)=O)CS[C@@H]12)N[Si](C)(C)C)OCC. The van der Waals surface area contributed by atoms with Gasteiger partial charge in [0.15, 0.2) is 12.2 Å². The number of thioether (sulfide) groups is 1. The highest BCUT2D eigenvalue weighted by atomic mass is 32.2. The fourth-order valence-electron chi connectivity index (χ4n) is 3.61. The highest BCUT2D eigenvalue weighted by molar-refractivity contribution is 8.00. The van der Waals surface area contributed by atoms with Gasteiger partial charge in [-0.05, 0) is 33.5 Å². The van der Waals surface area contributed by atoms with E-state index in [9.17, 15) is 14.4 Å². The molecular formula is C23H42N4O7SSi2. The number of carbonyl (C=O) groups is 3. The van der Waals surface area contributed by atoms with Gasteiger partial charge in [-0.2, -0.15) is 0 Å². The van der Waals surface area contributed by atoms with Crippen molar-refractivity contribution in [3.8, 4) is 0 Å². The Bertz CT molecular complexity index is 912. The van der Waals surface area contributed by atoms with Crippen LogP contribution in [0.15, 0.2) is 16.3 Å². The van der Waals surface area contributed by atoms with Crippen LogP contribution in [0.5, 0.6) is 0 Å². The van der Waals surface area contributed by atoms with Gasteiger partial charge in [0.2, 0.25) is 8.32 Å². The predicted octanol–water partition coefficient (Wildman–Crippen LogP) is 2.23. The van der Waals surface area contributed by atoms with Crippen molar-refractivity contribution >= 4 is 52.1 Å². The highest BCUT2D eigenvalue weighted by Gasteiger charge is 2.54. The lowest BCUT2D eigenvalue weighted by Crippen LogP contribution is -2.72. The summed E-state index contributed by atoms with van der Waals surface area (Å²) in [5.74, 6) is -0.341. The Balaban J connectivity index is 2.28. The topological polar surface area (TPSA) is 128 Å². The first-order valence-electron chi connectivity index (χ1n) is 12.5. The molecule has 11 nitrogen and oxygen atoms in total. The average molecular weight is 575 g/mol. The van der Waals surface area contributed by atoms with Gasteiger partial charge in [-0.1, -0.05) is 19.6 Å². The van der Waals surface area contributed by atoms with Crippen LogP contribution in [0.3, 0.4) is 0 Å². The molecule has 0 saturated carbocycles. The first-order valence-corrected chi connectivity index (χ1v) is 20.5. The molecule has 2 aliphatic rings. The van der Waals surface area contributed by atoms with Crippen LogP contribution in [-0.4, -0.2) is 95.1 Å². The molecule has 1 amide bonds. The maximum Gasteiger partial charge on any atom is 0.341 e. The van der Waals surface area contributed by atoms with Crippen molar-refractivity contribution in [2.45, 2.75) is 77.8 Å². The van der Waals surface area contributed by atoms with Crippen LogP contribution in [0.1, 0.15) is 20.8 Å². The lowest BCUT2D eigenvalue weighted by atomic mass is 10.0. The molecule has 0 aromatic heterocycles. The van der Waals surface area contributed by atoms with Gasteiger partial charge >= 0.3 is 11.9 Å². The molecule has 2 atom stereocenters. The monoisotopic (exact) mass is 574 g/mol. The zero-order chi connectivity index (χ0) is 28.0. The van der Waals surface area contributed by atoms with E-state index in [0.717, 1.165) is 0 Å². The van der Waals surface area contributed by atoms with E-state index < -0.39 is 40.8 Å². The number of hydrogen-bond donors (Lipinski definition) is 2. The molecule has 2 heterocycles. The number of esters is 1. The third kappa shape index (κ3) is 9.43. The van der Waals surface area contributed by atoms with Crippen LogP contribution >= 0.6 is 11.8 Å². The smallest absolute Gasteiger partial charge is 0.341 e. The van der Waals surface area contributed by atoms with Gasteiger partial charge in [0.05, 0.1) is 6.54 Å². The maximum atomic E-state index is 13.4. The van der Waals surface area contributed by atoms with Crippen molar-refractivity contribution < 1.29 is 33.0 Å². The number of hydrogen-bond acceptors (Lipinski definition) is 9. The summed E-state index contributed by atoms with van der Waals surface area (Å²) in [4.78, 5) is 47.5. The minimum atomic E-state index is -2.23. The molecule has 0 aliphatic carbocycles. The second-order valence-corrected chi connectivity index (χ2v) is 21.0. The molecule has 210 valence electrons. The number of guanidine groups is 1. The Morgan fingerprint density at radius 2 is 1.76 bits per heavy atom. The molecule has 2 N–H and O–H groups in total. The Morgan fingerprint density at radius 1 is 1.14 bits per heavy atom. The van der Waals surface area contributed by atoms with Gasteiger partial charge in [-0.15, -0.1) is 11.8 Å². The van der Waals surface area contributed by atoms with Crippen LogP contribution in [0.2, 0.25) is 39.3 Å². The minimum absolute atomic E-state index is 0.0623. The second kappa shape index (κ2) is 13.3. The molecular weight excluding hydrogens is 533 g/mol. The van der Waals surface area contributed by atoms with E-state index in [1.54, 1.807) is 0 Å². The van der Waals surface area contributed by atoms with Crippen molar-refractivity contribution in [1.82, 2.24) is 15.2 Å². The Kier molecular flexibility index (Phi) is 11.2. The van der Waals surface area contributed by atoms with Crippen molar-refractivity contribution in [2.75, 3.05) is 32.1 Å². The number of amides is 1. The van der Waals surface area contributed by atoms with Gasteiger partial charge < -0.3 is 28.9 Å². The van der Waals surface area contributed by atoms with Gasteiger partial charge in [0.25, 0.3) is 5.91 Å². The number of β-lactam (4-membered cyclic amide) rings is 1. The maximum absolute atomic E-state index is 13.4. The van der Waals surface area contributed by atoms with Crippen molar-refractivity contribution in [1.29, 1.82) is 0 Å². The fourth-order valence-corrected chi connectivity index (χ4v) is 6.45. The summed E-state index contributed by atoms with van der Waals surface area (Å²) in [6.07, 6.45) is -0.484. The van der Waals surface area contributed by atoms with Crippen molar-refractivity contribution in [2.24, 2.45) is 4.99 Å². The Labute approximate surface area is 226 Å². The summed E-state index contributed by atoms with van der Waals surface area (Å²) >= 11 is 1.50. The molecule has 37 heavy (non-hydrogen) atoms. The normalized spacial score (nSPS) is 20.4. The highest BCUT2D eigenvalue weighted by Crippen LogP contribution is 2.41. The number of nitrogens with zero attached hydrogens (tertiary/aromatic N) is 2. The van der Waals surface area contributed by atoms with Crippen LogP contribution in [0, 0.1) is 0 Å². The minimum Gasteiger partial charge on any atom is -0.515 e. The van der Waals surface area contributed by atoms with Crippen molar-refractivity contribution in [3.05, 3.63) is 11.3 Å². The molecule has 1 fully saturated rings. The lowest BCUT2D eigenvalue weighted by Gasteiger charge is -2.50. The van der Waals surface area contributed by atoms with E-state index in [4.69, 9.17) is 18.6 Å². The number of carbonyl (C=O) groups excluding carboxylic acids is 3. The molecule has 0 aromatic carbocycles. The van der Waals surface area contributed by atoms with Gasteiger partial charge in [-0.3, -0.25) is 14.5 Å². The van der Waals surface area contributed by atoms with Crippen LogP contribution in [-0.2, 0) is 33.0 Å². The van der Waals surface area contributed by atoms with Gasteiger partial charge in [-0.25, -0.2) is 9.79 Å². The molecule has 2 aliphatic heterocycles. The first kappa shape index (κ1) is 31.3. The molecule has 0 aromatic rings. The van der Waals surface area contributed by atoms with E-state index in [1.807, 2.05) is 33.5 Å². The van der Waals surface area contributed by atoms with E-state index in [0.29, 0.717) is 30.5 Å². The van der Waals surface area contributed by atoms with E-state index in [2.05, 4.69) is 34.9 Å². The Hall–Kier alpha value is -1.88. The van der Waals surface area contributed by atoms with E-state index in [1.165, 1.54) is 23.6 Å². The van der Waals surface area contributed by atoms with Crippen LogP contribution in [0.25, 0.3) is 0 Å². The van der Waals surface area contributed by atoms with Gasteiger partial charge in [0, 0.05) is 31.5 Å². The number of ether oxygens (including phenoxy) is 3. The average Bonchev–Trinajstić information content (AvgIpc) is 2.76. The largest absolute Gasteiger partial charge is 0.515 e. The summed E-state index contributed by atoms with van der Waals surface area (Å²) in [5, 5.41) is 2.94. The third-order valence-electron chi connectivity index (χ3n) is 4.98. The third-order valence-corrected chi connectivity index (χ3v) is 8.10. The zero-order valence-corrected chi connectivity index (χ0v) is 26.2. The summed E-state index contributed by atoms with van der Waals surface area (Å²) in [7, 11) is -4.06. The molecule has 0 radical (unpaired) electrons. The molecule has 0 spiro atoms. The number of aliphatic imine (C=N–C) groups is 1.